The number of aryl methyl sites for hydroxylation is 1. The second-order valence-electron chi connectivity index (χ2n) is 8.70. The molecule has 2 aliphatic carbocycles. The minimum absolute atomic E-state index is 0.0827. The molecule has 3 unspecified atom stereocenters. The smallest absolute Gasteiger partial charge is 0.223 e. The fraction of sp³-hybridized carbons (Fsp3) is 0.500. The Morgan fingerprint density at radius 1 is 1.14 bits per heavy atom. The van der Waals surface area contributed by atoms with E-state index in [-0.39, 0.29) is 23.9 Å². The van der Waals surface area contributed by atoms with Crippen molar-refractivity contribution < 1.29 is 4.79 Å². The first-order chi connectivity index (χ1) is 13.6. The third-order valence-corrected chi connectivity index (χ3v) is 6.71. The summed E-state index contributed by atoms with van der Waals surface area (Å²) in [6.45, 7) is 2.09. The van der Waals surface area contributed by atoms with Crippen LogP contribution in [0.3, 0.4) is 0 Å². The number of hydrogen-bond acceptors (Lipinski definition) is 3. The minimum Gasteiger partial charge on any atom is -0.347 e. The Bertz CT molecular complexity index is 775. The topological polar surface area (TPSA) is 68.0 Å². The molecule has 3 atom stereocenters. The van der Waals surface area contributed by atoms with E-state index in [2.05, 4.69) is 41.5 Å². The molecule has 2 bridgehead atoms. The van der Waals surface area contributed by atoms with Gasteiger partial charge in [0, 0.05) is 18.2 Å². The van der Waals surface area contributed by atoms with Gasteiger partial charge in [0.2, 0.25) is 5.91 Å². The molecular formula is C24H31N3O. The van der Waals surface area contributed by atoms with Gasteiger partial charge >= 0.3 is 0 Å². The zero-order valence-electron chi connectivity index (χ0n) is 16.7. The first-order valence-corrected chi connectivity index (χ1v) is 10.6. The largest absolute Gasteiger partial charge is 0.347 e. The molecule has 4 nitrogen and oxygen atoms in total. The summed E-state index contributed by atoms with van der Waals surface area (Å²) >= 11 is 0. The SMILES string of the molecule is Cc1ccc(CC(NC(=O)C2CC3CCCC(C2)C3N)c2ccccn2)cc1. The predicted molar refractivity (Wildman–Crippen MR) is 112 cm³/mol. The summed E-state index contributed by atoms with van der Waals surface area (Å²) in [5, 5.41) is 3.33. The van der Waals surface area contributed by atoms with E-state index in [0.29, 0.717) is 11.8 Å². The van der Waals surface area contributed by atoms with Gasteiger partial charge in [-0.2, -0.15) is 0 Å². The van der Waals surface area contributed by atoms with Crippen molar-refractivity contribution in [1.29, 1.82) is 0 Å². The maximum Gasteiger partial charge on any atom is 0.223 e. The van der Waals surface area contributed by atoms with Gasteiger partial charge in [0.1, 0.15) is 0 Å². The number of amides is 1. The summed E-state index contributed by atoms with van der Waals surface area (Å²) in [6, 6.07) is 14.6. The van der Waals surface area contributed by atoms with E-state index < -0.39 is 0 Å². The molecule has 3 N–H and O–H groups in total. The molecule has 1 amide bonds. The van der Waals surface area contributed by atoms with Crippen molar-refractivity contribution in [3.8, 4) is 0 Å². The number of carbonyl (C=O) groups is 1. The summed E-state index contributed by atoms with van der Waals surface area (Å²) in [6.07, 6.45) is 8.03. The van der Waals surface area contributed by atoms with Crippen LogP contribution in [0.25, 0.3) is 0 Å². The number of nitrogens with one attached hydrogen (secondary N) is 1. The number of benzene rings is 1. The van der Waals surface area contributed by atoms with Gasteiger partial charge in [0.25, 0.3) is 0 Å². The van der Waals surface area contributed by atoms with Gasteiger partial charge in [0.05, 0.1) is 11.7 Å². The molecule has 4 heteroatoms. The van der Waals surface area contributed by atoms with Crippen LogP contribution in [0.2, 0.25) is 0 Å². The maximum atomic E-state index is 13.2. The Labute approximate surface area is 167 Å². The average Bonchev–Trinajstić information content (AvgIpc) is 2.69. The van der Waals surface area contributed by atoms with Gasteiger partial charge < -0.3 is 11.1 Å². The fourth-order valence-corrected chi connectivity index (χ4v) is 5.06. The van der Waals surface area contributed by atoms with E-state index in [1.54, 1.807) is 6.20 Å². The number of pyridine rings is 1. The Morgan fingerprint density at radius 2 is 1.86 bits per heavy atom. The zero-order chi connectivity index (χ0) is 19.5. The number of hydrogen-bond donors (Lipinski definition) is 2. The molecule has 0 radical (unpaired) electrons. The van der Waals surface area contributed by atoms with Crippen LogP contribution >= 0.6 is 0 Å². The number of nitrogens with zero attached hydrogens (tertiary/aromatic N) is 1. The van der Waals surface area contributed by atoms with Crippen molar-refractivity contribution in [1.82, 2.24) is 10.3 Å². The molecule has 4 rings (SSSR count). The van der Waals surface area contributed by atoms with Crippen LogP contribution in [-0.2, 0) is 11.2 Å². The summed E-state index contributed by atoms with van der Waals surface area (Å²) in [5.41, 5.74) is 9.79. The van der Waals surface area contributed by atoms with Gasteiger partial charge in [-0.1, -0.05) is 42.3 Å². The van der Waals surface area contributed by atoms with Crippen molar-refractivity contribution in [2.75, 3.05) is 0 Å². The number of carbonyl (C=O) groups excluding carboxylic acids is 1. The van der Waals surface area contributed by atoms with Gasteiger partial charge in [-0.15, -0.1) is 0 Å². The standard InChI is InChI=1S/C24H31N3O/c1-16-8-10-17(11-9-16)13-22(21-7-2-3-12-26-21)27-24(28)20-14-18-5-4-6-19(15-20)23(18)25/h2-3,7-12,18-20,22-23H,4-6,13-15,25H2,1H3,(H,27,28). The van der Waals surface area contributed by atoms with Crippen molar-refractivity contribution in [2.24, 2.45) is 23.5 Å². The van der Waals surface area contributed by atoms with Gasteiger partial charge in [-0.25, -0.2) is 0 Å². The third kappa shape index (κ3) is 4.27. The number of nitrogens with two attached hydrogens (primary N) is 1. The highest BCUT2D eigenvalue weighted by atomic mass is 16.1. The molecule has 0 spiro atoms. The Hall–Kier alpha value is -2.20. The average molecular weight is 378 g/mol. The summed E-state index contributed by atoms with van der Waals surface area (Å²) in [7, 11) is 0. The van der Waals surface area contributed by atoms with E-state index in [4.69, 9.17) is 5.73 Å². The molecule has 2 saturated carbocycles. The first kappa shape index (κ1) is 19.1. The second kappa shape index (κ2) is 8.44. The van der Waals surface area contributed by atoms with Crippen molar-refractivity contribution in [3.63, 3.8) is 0 Å². The molecule has 1 aromatic heterocycles. The fourth-order valence-electron chi connectivity index (χ4n) is 5.06. The Kier molecular flexibility index (Phi) is 5.77. The maximum absolute atomic E-state index is 13.2. The molecule has 1 aromatic carbocycles. The van der Waals surface area contributed by atoms with Crippen LogP contribution in [-0.4, -0.2) is 16.9 Å². The zero-order valence-corrected chi connectivity index (χ0v) is 16.7. The number of rotatable bonds is 5. The van der Waals surface area contributed by atoms with E-state index in [9.17, 15) is 4.79 Å². The summed E-state index contributed by atoms with van der Waals surface area (Å²) < 4.78 is 0. The molecule has 1 heterocycles. The lowest BCUT2D eigenvalue weighted by Gasteiger charge is -2.43. The normalized spacial score (nSPS) is 27.8. The van der Waals surface area contributed by atoms with Crippen LogP contribution in [0.4, 0.5) is 0 Å². The molecular weight excluding hydrogens is 346 g/mol. The third-order valence-electron chi connectivity index (χ3n) is 6.71. The highest BCUT2D eigenvalue weighted by Crippen LogP contribution is 2.42. The van der Waals surface area contributed by atoms with Crippen LogP contribution in [0, 0.1) is 24.7 Å². The molecule has 28 heavy (non-hydrogen) atoms. The monoisotopic (exact) mass is 377 g/mol. The predicted octanol–water partition coefficient (Wildman–Crippen LogP) is 3.94. The van der Waals surface area contributed by atoms with E-state index >= 15 is 0 Å². The van der Waals surface area contributed by atoms with E-state index in [0.717, 1.165) is 25.0 Å². The lowest BCUT2D eigenvalue weighted by atomic mass is 9.65. The van der Waals surface area contributed by atoms with Crippen molar-refractivity contribution >= 4 is 5.91 Å². The molecule has 2 aromatic rings. The Balaban J connectivity index is 1.49. The molecule has 0 aliphatic heterocycles. The van der Waals surface area contributed by atoms with E-state index in [1.807, 2.05) is 18.2 Å². The minimum atomic E-state index is -0.105. The number of aromatic nitrogens is 1. The van der Waals surface area contributed by atoms with Gasteiger partial charge in [-0.3, -0.25) is 9.78 Å². The molecule has 148 valence electrons. The molecule has 2 fully saturated rings. The first-order valence-electron chi connectivity index (χ1n) is 10.6. The quantitative estimate of drug-likeness (QED) is 0.829. The van der Waals surface area contributed by atoms with E-state index in [1.165, 1.54) is 30.4 Å². The second-order valence-corrected chi connectivity index (χ2v) is 8.70. The van der Waals surface area contributed by atoms with Crippen LogP contribution in [0.5, 0.6) is 0 Å². The highest BCUT2D eigenvalue weighted by Gasteiger charge is 2.40. The van der Waals surface area contributed by atoms with Crippen LogP contribution in [0.1, 0.15) is 55.0 Å². The van der Waals surface area contributed by atoms with Crippen molar-refractivity contribution in [3.05, 3.63) is 65.5 Å². The van der Waals surface area contributed by atoms with Crippen molar-refractivity contribution in [2.45, 2.75) is 57.5 Å². The lowest BCUT2D eigenvalue weighted by Crippen LogP contribution is -2.49. The lowest BCUT2D eigenvalue weighted by molar-refractivity contribution is -0.128. The Morgan fingerprint density at radius 3 is 2.50 bits per heavy atom. The molecule has 2 aliphatic rings. The molecule has 0 saturated heterocycles. The van der Waals surface area contributed by atoms with Crippen LogP contribution < -0.4 is 11.1 Å². The van der Waals surface area contributed by atoms with Crippen LogP contribution in [0.15, 0.2) is 48.7 Å². The van der Waals surface area contributed by atoms with Gasteiger partial charge in [-0.05, 0) is 68.6 Å². The highest BCUT2D eigenvalue weighted by molar-refractivity contribution is 5.79. The summed E-state index contributed by atoms with van der Waals surface area (Å²) in [5.74, 6) is 1.27. The summed E-state index contributed by atoms with van der Waals surface area (Å²) in [4.78, 5) is 17.7. The number of fused-ring (bicyclic) bond motifs is 2. The van der Waals surface area contributed by atoms with Gasteiger partial charge in [0.15, 0.2) is 0 Å².